The first-order chi connectivity index (χ1) is 11.6. The number of aryl methyl sites for hydroxylation is 1. The molecule has 25 heavy (non-hydrogen) atoms. The van der Waals surface area contributed by atoms with Gasteiger partial charge in [-0.25, -0.2) is 4.98 Å². The first kappa shape index (κ1) is 17.7. The summed E-state index contributed by atoms with van der Waals surface area (Å²) in [6.45, 7) is 7.92. The predicted octanol–water partition coefficient (Wildman–Crippen LogP) is 4.71. The van der Waals surface area contributed by atoms with Gasteiger partial charge < -0.3 is 5.32 Å². The van der Waals surface area contributed by atoms with Gasteiger partial charge in [0.2, 0.25) is 0 Å². The third-order valence-corrected chi connectivity index (χ3v) is 4.62. The van der Waals surface area contributed by atoms with E-state index in [4.69, 9.17) is 0 Å². The van der Waals surface area contributed by atoms with Crippen molar-refractivity contribution < 1.29 is 13.2 Å². The summed E-state index contributed by atoms with van der Waals surface area (Å²) in [6.07, 6.45) is -4.62. The second-order valence-corrected chi connectivity index (χ2v) is 7.87. The highest BCUT2D eigenvalue weighted by atomic mass is 32.1. The summed E-state index contributed by atoms with van der Waals surface area (Å²) in [6, 6.07) is 5.52. The number of hydrogen-bond acceptors (Lipinski definition) is 5. The molecule has 0 bridgehead atoms. The minimum Gasteiger partial charge on any atom is -0.362 e. The molecule has 3 aromatic rings. The predicted molar refractivity (Wildman–Crippen MR) is 90.7 cm³/mol. The van der Waals surface area contributed by atoms with Gasteiger partial charge in [-0.2, -0.15) is 22.7 Å². The van der Waals surface area contributed by atoms with Crippen LogP contribution in [0.4, 0.5) is 19.0 Å². The molecular weight excluding hydrogens is 351 g/mol. The summed E-state index contributed by atoms with van der Waals surface area (Å²) in [5.41, 5.74) is 0.400. The lowest BCUT2D eigenvalue weighted by Crippen LogP contribution is -2.26. The molecule has 0 fully saturated rings. The standard InChI is InChI=1S/C16H18F3N5S/c1-9-8-11(21-12(15(2,3)4)10-6-5-7-25-10)24-14(20-9)22-13(23-24)16(17,18)19/h5-8,12,21H,1-4H3. The lowest BCUT2D eigenvalue weighted by Gasteiger charge is -2.31. The number of nitrogens with zero attached hydrogens (tertiary/aromatic N) is 4. The van der Waals surface area contributed by atoms with Crippen molar-refractivity contribution in [1.29, 1.82) is 0 Å². The van der Waals surface area contributed by atoms with Crippen LogP contribution >= 0.6 is 11.3 Å². The maximum absolute atomic E-state index is 12.9. The molecule has 0 radical (unpaired) electrons. The molecule has 0 saturated carbocycles. The van der Waals surface area contributed by atoms with Crippen molar-refractivity contribution in [3.8, 4) is 0 Å². The van der Waals surface area contributed by atoms with Gasteiger partial charge >= 0.3 is 6.18 Å². The number of nitrogens with one attached hydrogen (secondary N) is 1. The van der Waals surface area contributed by atoms with Crippen LogP contribution in [0.1, 0.15) is 43.2 Å². The lowest BCUT2D eigenvalue weighted by molar-refractivity contribution is -0.144. The molecule has 0 aromatic carbocycles. The number of aromatic nitrogens is 4. The topological polar surface area (TPSA) is 55.1 Å². The van der Waals surface area contributed by atoms with Crippen LogP contribution < -0.4 is 5.32 Å². The van der Waals surface area contributed by atoms with E-state index in [1.807, 2.05) is 17.5 Å². The first-order valence-electron chi connectivity index (χ1n) is 7.67. The number of thiophene rings is 1. The van der Waals surface area contributed by atoms with Gasteiger partial charge in [0, 0.05) is 16.6 Å². The van der Waals surface area contributed by atoms with E-state index in [2.05, 4.69) is 41.2 Å². The molecule has 0 saturated heterocycles. The molecule has 1 atom stereocenters. The fourth-order valence-corrected chi connectivity index (χ4v) is 3.55. The second-order valence-electron chi connectivity index (χ2n) is 6.89. The van der Waals surface area contributed by atoms with Crippen LogP contribution in [0.2, 0.25) is 0 Å². The van der Waals surface area contributed by atoms with Crippen molar-refractivity contribution in [2.24, 2.45) is 5.41 Å². The van der Waals surface area contributed by atoms with Crippen LogP contribution in [-0.2, 0) is 6.18 Å². The van der Waals surface area contributed by atoms with Gasteiger partial charge in [0.1, 0.15) is 5.82 Å². The molecule has 0 aliphatic carbocycles. The molecule has 9 heteroatoms. The number of anilines is 1. The van der Waals surface area contributed by atoms with Crippen molar-refractivity contribution in [2.45, 2.75) is 39.9 Å². The van der Waals surface area contributed by atoms with Gasteiger partial charge in [-0.05, 0) is 23.8 Å². The fraction of sp³-hybridized carbons (Fsp3) is 0.438. The quantitative estimate of drug-likeness (QED) is 0.726. The zero-order chi connectivity index (χ0) is 18.4. The van der Waals surface area contributed by atoms with Gasteiger partial charge in [-0.15, -0.1) is 16.4 Å². The Bertz CT molecular complexity index is 878. The number of alkyl halides is 3. The summed E-state index contributed by atoms with van der Waals surface area (Å²) >= 11 is 1.59. The van der Waals surface area contributed by atoms with E-state index in [1.54, 1.807) is 24.3 Å². The summed E-state index contributed by atoms with van der Waals surface area (Å²) in [5, 5.41) is 8.91. The monoisotopic (exact) mass is 369 g/mol. The average molecular weight is 369 g/mol. The van der Waals surface area contributed by atoms with E-state index in [-0.39, 0.29) is 17.2 Å². The molecule has 5 nitrogen and oxygen atoms in total. The molecule has 0 spiro atoms. The van der Waals surface area contributed by atoms with E-state index >= 15 is 0 Å². The average Bonchev–Trinajstić information content (AvgIpc) is 3.11. The molecule has 3 rings (SSSR count). The largest absolute Gasteiger partial charge is 0.453 e. The van der Waals surface area contributed by atoms with Gasteiger partial charge in [-0.1, -0.05) is 26.8 Å². The molecular formula is C16H18F3N5S. The van der Waals surface area contributed by atoms with Crippen molar-refractivity contribution in [1.82, 2.24) is 19.6 Å². The Morgan fingerprint density at radius 3 is 2.48 bits per heavy atom. The van der Waals surface area contributed by atoms with Gasteiger partial charge in [0.15, 0.2) is 0 Å². The van der Waals surface area contributed by atoms with Gasteiger partial charge in [0.25, 0.3) is 11.6 Å². The highest BCUT2D eigenvalue weighted by Gasteiger charge is 2.37. The number of hydrogen-bond donors (Lipinski definition) is 1. The zero-order valence-electron chi connectivity index (χ0n) is 14.2. The smallest absolute Gasteiger partial charge is 0.362 e. The van der Waals surface area contributed by atoms with Crippen molar-refractivity contribution in [3.63, 3.8) is 0 Å². The van der Waals surface area contributed by atoms with Gasteiger partial charge in [0.05, 0.1) is 6.04 Å². The number of halogens is 3. The Labute approximate surface area is 146 Å². The van der Waals surface area contributed by atoms with Crippen molar-refractivity contribution in [3.05, 3.63) is 40.0 Å². The Kier molecular flexibility index (Phi) is 4.22. The summed E-state index contributed by atoms with van der Waals surface area (Å²) in [4.78, 5) is 8.66. The maximum Gasteiger partial charge on any atom is 0.453 e. The Hall–Kier alpha value is -2.16. The number of rotatable bonds is 3. The van der Waals surface area contributed by atoms with E-state index in [0.29, 0.717) is 11.5 Å². The Balaban J connectivity index is 2.09. The summed E-state index contributed by atoms with van der Waals surface area (Å²) < 4.78 is 40.0. The molecule has 134 valence electrons. The molecule has 0 amide bonds. The van der Waals surface area contributed by atoms with Crippen LogP contribution in [0.5, 0.6) is 0 Å². The van der Waals surface area contributed by atoms with Crippen LogP contribution in [0.3, 0.4) is 0 Å². The lowest BCUT2D eigenvalue weighted by atomic mass is 9.86. The van der Waals surface area contributed by atoms with Crippen molar-refractivity contribution in [2.75, 3.05) is 5.32 Å². The molecule has 3 aromatic heterocycles. The normalized spacial score (nSPS) is 14.0. The third kappa shape index (κ3) is 3.60. The summed E-state index contributed by atoms with van der Waals surface area (Å²) in [7, 11) is 0. The van der Waals surface area contributed by atoms with E-state index in [9.17, 15) is 13.2 Å². The van der Waals surface area contributed by atoms with Gasteiger partial charge in [-0.3, -0.25) is 0 Å². The van der Waals surface area contributed by atoms with Crippen LogP contribution in [0.25, 0.3) is 5.78 Å². The van der Waals surface area contributed by atoms with Crippen molar-refractivity contribution >= 4 is 22.9 Å². The molecule has 0 aliphatic rings. The highest BCUT2D eigenvalue weighted by molar-refractivity contribution is 7.10. The fourth-order valence-electron chi connectivity index (χ4n) is 2.53. The second kappa shape index (κ2) is 5.98. The highest BCUT2D eigenvalue weighted by Crippen LogP contribution is 2.38. The van der Waals surface area contributed by atoms with Crippen LogP contribution in [-0.4, -0.2) is 19.6 Å². The van der Waals surface area contributed by atoms with E-state index in [0.717, 1.165) is 9.39 Å². The van der Waals surface area contributed by atoms with Crippen LogP contribution in [0.15, 0.2) is 23.6 Å². The zero-order valence-corrected chi connectivity index (χ0v) is 15.0. The molecule has 0 aliphatic heterocycles. The minimum absolute atomic E-state index is 0.0753. The number of fused-ring (bicyclic) bond motifs is 1. The maximum atomic E-state index is 12.9. The third-order valence-electron chi connectivity index (χ3n) is 3.68. The Morgan fingerprint density at radius 2 is 1.92 bits per heavy atom. The Morgan fingerprint density at radius 1 is 1.20 bits per heavy atom. The van der Waals surface area contributed by atoms with Crippen LogP contribution in [0, 0.1) is 12.3 Å². The molecule has 1 unspecified atom stereocenters. The molecule has 1 N–H and O–H groups in total. The SMILES string of the molecule is Cc1cc(NC(c2cccs2)C(C)(C)C)n2nc(C(F)(F)F)nc2n1. The van der Waals surface area contributed by atoms with E-state index < -0.39 is 12.0 Å². The minimum atomic E-state index is -4.62. The summed E-state index contributed by atoms with van der Waals surface area (Å²) in [5.74, 6) is -0.843. The molecule has 3 heterocycles. The van der Waals surface area contributed by atoms with E-state index in [1.165, 1.54) is 0 Å². The first-order valence-corrected chi connectivity index (χ1v) is 8.55.